The number of quaternary nitrogens is 1. The van der Waals surface area contributed by atoms with Gasteiger partial charge in [0, 0.05) is 5.56 Å². The summed E-state index contributed by atoms with van der Waals surface area (Å²) < 4.78 is 3.46. The number of hydrogen-bond donors (Lipinski definition) is 0. The Kier molecular flexibility index (Phi) is 6.83. The molecule has 0 unspecified atom stereocenters. The maximum atomic E-state index is 10.8. The molecular formula is C21H24N7O2+. The Bertz CT molecular complexity index is 980. The highest BCUT2D eigenvalue weighted by Crippen LogP contribution is 2.22. The van der Waals surface area contributed by atoms with Gasteiger partial charge in [-0.15, -0.1) is 16.6 Å². The van der Waals surface area contributed by atoms with Crippen molar-refractivity contribution in [3.05, 3.63) is 59.2 Å². The number of benzene rings is 1. The highest BCUT2D eigenvalue weighted by molar-refractivity contribution is 5.49. The van der Waals surface area contributed by atoms with Crippen LogP contribution in [0.4, 0.5) is 0 Å². The molecule has 0 aliphatic heterocycles. The zero-order valence-electron chi connectivity index (χ0n) is 16.9. The average molecular weight is 406 g/mol. The van der Waals surface area contributed by atoms with Gasteiger partial charge in [-0.1, -0.05) is 40.3 Å². The van der Waals surface area contributed by atoms with Gasteiger partial charge in [0.15, 0.2) is 0 Å². The van der Waals surface area contributed by atoms with E-state index in [0.717, 1.165) is 29.5 Å². The van der Waals surface area contributed by atoms with Crippen LogP contribution in [-0.4, -0.2) is 53.6 Å². The fourth-order valence-corrected chi connectivity index (χ4v) is 3.45. The quantitative estimate of drug-likeness (QED) is 0.267. The van der Waals surface area contributed by atoms with E-state index in [4.69, 9.17) is 6.42 Å². The van der Waals surface area contributed by atoms with Crippen LogP contribution in [0.1, 0.15) is 22.5 Å². The van der Waals surface area contributed by atoms with Crippen molar-refractivity contribution in [1.29, 1.82) is 0 Å². The summed E-state index contributed by atoms with van der Waals surface area (Å²) >= 11 is 0. The van der Waals surface area contributed by atoms with Crippen LogP contribution in [0.15, 0.2) is 36.7 Å². The van der Waals surface area contributed by atoms with Gasteiger partial charge in [0.25, 0.3) is 0 Å². The Balaban J connectivity index is 1.93. The molecule has 2 heterocycles. The van der Waals surface area contributed by atoms with E-state index in [1.165, 1.54) is 14.9 Å². The van der Waals surface area contributed by atoms with Crippen LogP contribution in [0.2, 0.25) is 0 Å². The van der Waals surface area contributed by atoms with Crippen LogP contribution in [0, 0.1) is 19.3 Å². The first-order chi connectivity index (χ1) is 14.6. The highest BCUT2D eigenvalue weighted by Gasteiger charge is 2.31. The molecule has 0 radical (unpaired) electrons. The molecule has 0 saturated carbocycles. The summed E-state index contributed by atoms with van der Waals surface area (Å²) in [4.78, 5) is 21.6. The number of carbonyl (C=O) groups excluding carboxylic acids is 2. The predicted octanol–water partition coefficient (Wildman–Crippen LogP) is 0.926. The minimum absolute atomic E-state index is 0.153. The van der Waals surface area contributed by atoms with E-state index >= 15 is 0 Å². The lowest BCUT2D eigenvalue weighted by Crippen LogP contribution is -2.46. The maximum Gasteiger partial charge on any atom is 0.141 e. The summed E-state index contributed by atoms with van der Waals surface area (Å²) in [6, 6.07) is 8.32. The maximum absolute atomic E-state index is 10.8. The number of aldehydes is 2. The van der Waals surface area contributed by atoms with Crippen LogP contribution in [0.5, 0.6) is 0 Å². The number of carbonyl (C=O) groups is 2. The fraction of sp³-hybridized carbons (Fsp3) is 0.333. The standard InChI is InChI=1S/C21H24N7O2/c1-3-10-28(15-19-6-4-18(2)5-7-19,16-20-13-26(8-11-29)24-22-20)17-21-14-27(9-12-30)25-23-21/h1,4-7,11-14H,8-10,15-17H2,2H3/q+1. The molecule has 0 N–H and O–H groups in total. The molecule has 154 valence electrons. The fourth-order valence-electron chi connectivity index (χ4n) is 3.45. The van der Waals surface area contributed by atoms with Crippen molar-refractivity contribution in [3.63, 3.8) is 0 Å². The molecule has 9 nitrogen and oxygen atoms in total. The number of aryl methyl sites for hydroxylation is 1. The molecular weight excluding hydrogens is 382 g/mol. The van der Waals surface area contributed by atoms with Gasteiger partial charge in [0.2, 0.25) is 0 Å². The molecule has 0 atom stereocenters. The molecule has 30 heavy (non-hydrogen) atoms. The second-order valence-electron chi connectivity index (χ2n) is 7.36. The molecule has 3 rings (SSSR count). The number of nitrogens with zero attached hydrogens (tertiary/aromatic N) is 7. The molecule has 9 heteroatoms. The highest BCUT2D eigenvalue weighted by atomic mass is 16.1. The Hall–Kier alpha value is -3.64. The van der Waals surface area contributed by atoms with Crippen LogP contribution in [0.3, 0.4) is 0 Å². The molecule has 0 aliphatic rings. The van der Waals surface area contributed by atoms with E-state index in [-0.39, 0.29) is 13.1 Å². The van der Waals surface area contributed by atoms with Crippen LogP contribution >= 0.6 is 0 Å². The van der Waals surface area contributed by atoms with Gasteiger partial charge in [0.1, 0.15) is 50.1 Å². The summed E-state index contributed by atoms with van der Waals surface area (Å²) in [7, 11) is 0. The van der Waals surface area contributed by atoms with Gasteiger partial charge >= 0.3 is 0 Å². The van der Waals surface area contributed by atoms with E-state index < -0.39 is 0 Å². The lowest BCUT2D eigenvalue weighted by molar-refractivity contribution is -0.960. The molecule has 0 aliphatic carbocycles. The summed E-state index contributed by atoms with van der Waals surface area (Å²) in [6.07, 6.45) is 10.8. The Morgan fingerprint density at radius 3 is 1.93 bits per heavy atom. The smallest absolute Gasteiger partial charge is 0.141 e. The minimum Gasteiger partial charge on any atom is -0.301 e. The minimum atomic E-state index is 0.153. The van der Waals surface area contributed by atoms with Crippen LogP contribution < -0.4 is 0 Å². The van der Waals surface area contributed by atoms with E-state index in [0.29, 0.717) is 30.7 Å². The molecule has 0 bridgehead atoms. The third-order valence-corrected chi connectivity index (χ3v) is 4.76. The molecule has 1 aromatic carbocycles. The van der Waals surface area contributed by atoms with E-state index in [9.17, 15) is 9.59 Å². The summed E-state index contributed by atoms with van der Waals surface area (Å²) in [6.45, 7) is 4.47. The second-order valence-corrected chi connectivity index (χ2v) is 7.36. The molecule has 0 fully saturated rings. The first kappa shape index (κ1) is 21.1. The third kappa shape index (κ3) is 5.46. The van der Waals surface area contributed by atoms with Crippen molar-refractivity contribution in [1.82, 2.24) is 30.0 Å². The van der Waals surface area contributed by atoms with Gasteiger partial charge in [0.05, 0.1) is 25.5 Å². The van der Waals surface area contributed by atoms with Crippen LogP contribution in [-0.2, 0) is 42.3 Å². The van der Waals surface area contributed by atoms with Crippen molar-refractivity contribution >= 4 is 12.6 Å². The third-order valence-electron chi connectivity index (χ3n) is 4.76. The monoisotopic (exact) mass is 406 g/mol. The summed E-state index contributed by atoms with van der Waals surface area (Å²) in [5.41, 5.74) is 3.79. The Morgan fingerprint density at radius 1 is 0.933 bits per heavy atom. The van der Waals surface area contributed by atoms with Crippen molar-refractivity contribution < 1.29 is 14.1 Å². The van der Waals surface area contributed by atoms with Gasteiger partial charge < -0.3 is 9.59 Å². The molecule has 0 saturated heterocycles. The first-order valence-corrected chi connectivity index (χ1v) is 9.55. The zero-order valence-corrected chi connectivity index (χ0v) is 16.9. The van der Waals surface area contributed by atoms with E-state index in [2.05, 4.69) is 50.8 Å². The average Bonchev–Trinajstić information content (AvgIpc) is 3.34. The number of aromatic nitrogens is 6. The lowest BCUT2D eigenvalue weighted by atomic mass is 10.1. The van der Waals surface area contributed by atoms with E-state index in [1.54, 1.807) is 12.4 Å². The van der Waals surface area contributed by atoms with E-state index in [1.807, 2.05) is 6.92 Å². The zero-order chi connectivity index (χ0) is 21.4. The normalized spacial score (nSPS) is 11.2. The van der Waals surface area contributed by atoms with Crippen molar-refractivity contribution in [2.75, 3.05) is 6.54 Å². The van der Waals surface area contributed by atoms with Crippen molar-refractivity contribution in [2.24, 2.45) is 0 Å². The Morgan fingerprint density at radius 2 is 1.47 bits per heavy atom. The molecule has 0 spiro atoms. The van der Waals surface area contributed by atoms with Gasteiger partial charge in [-0.05, 0) is 12.8 Å². The second kappa shape index (κ2) is 9.71. The summed E-state index contributed by atoms with van der Waals surface area (Å²) in [5, 5.41) is 16.4. The van der Waals surface area contributed by atoms with Gasteiger partial charge in [-0.3, -0.25) is 4.48 Å². The Labute approximate surface area is 174 Å². The number of terminal acetylenes is 1. The largest absolute Gasteiger partial charge is 0.301 e. The van der Waals surface area contributed by atoms with Gasteiger partial charge in [-0.25, -0.2) is 9.36 Å². The van der Waals surface area contributed by atoms with Gasteiger partial charge in [-0.2, -0.15) is 0 Å². The predicted molar refractivity (Wildman–Crippen MR) is 108 cm³/mol. The SMILES string of the molecule is C#CC[N+](Cc1ccc(C)cc1)(Cc1cn(CC=O)nn1)Cc1cn(CC=O)nn1. The first-order valence-electron chi connectivity index (χ1n) is 9.55. The summed E-state index contributed by atoms with van der Waals surface area (Å²) in [5.74, 6) is 2.79. The lowest BCUT2D eigenvalue weighted by Gasteiger charge is -2.36. The molecule has 0 amide bonds. The molecule has 2 aromatic heterocycles. The molecule has 3 aromatic rings. The number of rotatable bonds is 11. The van der Waals surface area contributed by atoms with Crippen molar-refractivity contribution in [3.8, 4) is 12.3 Å². The topological polar surface area (TPSA) is 95.6 Å². The van der Waals surface area contributed by atoms with Crippen molar-refractivity contribution in [2.45, 2.75) is 39.6 Å². The number of hydrogen-bond acceptors (Lipinski definition) is 6. The van der Waals surface area contributed by atoms with Crippen LogP contribution in [0.25, 0.3) is 0 Å².